The van der Waals surface area contributed by atoms with E-state index >= 15 is 0 Å². The number of pyridine rings is 1. The van der Waals surface area contributed by atoms with Crippen LogP contribution in [-0.2, 0) is 10.2 Å². The lowest BCUT2D eigenvalue weighted by molar-refractivity contribution is 0.466. The van der Waals surface area contributed by atoms with Crippen LogP contribution < -0.4 is 20.1 Å². The first-order valence-corrected chi connectivity index (χ1v) is 13.9. The Balaban J connectivity index is 1.50. The van der Waals surface area contributed by atoms with Gasteiger partial charge in [0.15, 0.2) is 0 Å². The molecule has 0 unspecified atom stereocenters. The van der Waals surface area contributed by atoms with Gasteiger partial charge in [-0.1, -0.05) is 24.3 Å². The second kappa shape index (κ2) is 10.9. The third-order valence-electron chi connectivity index (χ3n) is 6.46. The van der Waals surface area contributed by atoms with Crippen LogP contribution in [0.25, 0.3) is 22.0 Å². The van der Waals surface area contributed by atoms with Crippen LogP contribution in [0.5, 0.6) is 11.6 Å². The second-order valence-electron chi connectivity index (χ2n) is 9.41. The molecule has 198 valence electrons. The highest BCUT2D eigenvalue weighted by atomic mass is 32.2. The van der Waals surface area contributed by atoms with E-state index in [4.69, 9.17) is 9.72 Å². The molecule has 4 aromatic rings. The lowest BCUT2D eigenvalue weighted by atomic mass is 10.0. The first-order valence-electron chi connectivity index (χ1n) is 12.5. The van der Waals surface area contributed by atoms with Gasteiger partial charge in [0.25, 0.3) is 0 Å². The molecule has 1 aliphatic heterocycles. The van der Waals surface area contributed by atoms with Crippen molar-refractivity contribution in [3.63, 3.8) is 0 Å². The minimum atomic E-state index is -3.68. The Morgan fingerprint density at radius 3 is 2.68 bits per heavy atom. The highest BCUT2D eigenvalue weighted by molar-refractivity contribution is 7.90. The molecule has 0 saturated carbocycles. The van der Waals surface area contributed by atoms with Crippen molar-refractivity contribution in [1.82, 2.24) is 24.6 Å². The molecule has 1 aliphatic rings. The van der Waals surface area contributed by atoms with Crippen molar-refractivity contribution in [2.24, 2.45) is 0 Å². The van der Waals surface area contributed by atoms with E-state index in [9.17, 15) is 8.42 Å². The Labute approximate surface area is 222 Å². The van der Waals surface area contributed by atoms with Gasteiger partial charge in [-0.2, -0.15) is 12.7 Å². The van der Waals surface area contributed by atoms with Gasteiger partial charge in [-0.3, -0.25) is 4.72 Å². The molecule has 2 aromatic heterocycles. The Kier molecular flexibility index (Phi) is 7.41. The summed E-state index contributed by atoms with van der Waals surface area (Å²) in [6.07, 6.45) is 5.57. The summed E-state index contributed by atoms with van der Waals surface area (Å²) in [6, 6.07) is 15.1. The van der Waals surface area contributed by atoms with Crippen LogP contribution in [0.1, 0.15) is 18.4 Å². The zero-order valence-corrected chi connectivity index (χ0v) is 22.4. The number of anilines is 2. The maximum absolute atomic E-state index is 12.5. The summed E-state index contributed by atoms with van der Waals surface area (Å²) >= 11 is 0. The summed E-state index contributed by atoms with van der Waals surface area (Å²) in [5.74, 6) is 1.55. The molecule has 1 saturated heterocycles. The van der Waals surface area contributed by atoms with Crippen molar-refractivity contribution >= 4 is 32.6 Å². The van der Waals surface area contributed by atoms with Crippen LogP contribution >= 0.6 is 0 Å². The third-order valence-corrected chi connectivity index (χ3v) is 7.90. The number of aromatic nitrogens is 3. The number of nitrogens with zero attached hydrogens (tertiary/aromatic N) is 4. The van der Waals surface area contributed by atoms with Gasteiger partial charge in [-0.25, -0.2) is 15.0 Å². The molecule has 0 bridgehead atoms. The second-order valence-corrected chi connectivity index (χ2v) is 11.3. The summed E-state index contributed by atoms with van der Waals surface area (Å²) in [4.78, 5) is 13.7. The molecular weight excluding hydrogens is 502 g/mol. The largest absolute Gasteiger partial charge is 0.437 e. The maximum atomic E-state index is 12.5. The number of hydrogen-bond acceptors (Lipinski definition) is 8. The minimum absolute atomic E-state index is 0.279. The van der Waals surface area contributed by atoms with Crippen LogP contribution in [0.3, 0.4) is 0 Å². The minimum Gasteiger partial charge on any atom is -0.437 e. The van der Waals surface area contributed by atoms with Crippen LogP contribution in [0.15, 0.2) is 60.9 Å². The summed E-state index contributed by atoms with van der Waals surface area (Å²) in [5.41, 5.74) is 2.76. The Morgan fingerprint density at radius 1 is 1.03 bits per heavy atom. The quantitative estimate of drug-likeness (QED) is 0.309. The fourth-order valence-electron chi connectivity index (χ4n) is 4.39. The van der Waals surface area contributed by atoms with E-state index in [-0.39, 0.29) is 6.04 Å². The average molecular weight is 534 g/mol. The molecule has 10 nitrogen and oxygen atoms in total. The van der Waals surface area contributed by atoms with Gasteiger partial charge in [0, 0.05) is 49.8 Å². The van der Waals surface area contributed by atoms with Crippen molar-refractivity contribution < 1.29 is 13.2 Å². The highest BCUT2D eigenvalue weighted by Gasteiger charge is 2.19. The molecule has 11 heteroatoms. The van der Waals surface area contributed by atoms with Crippen LogP contribution in [0, 0.1) is 6.92 Å². The standard InChI is InChI=1S/C27H31N7O3S/c1-18-11-12-20-21(8-4-10-24(20)33-38(35,36)34(2)3)25(18)37-26-22(9-6-15-29-26)23-13-16-30-27(32-23)31-19-7-5-14-28-17-19/h4,6,8-13,15-16,19,28,33H,5,7,14,17H2,1-3H3,(H,30,31,32)/t19-/m0/s1. The van der Waals surface area contributed by atoms with Gasteiger partial charge in [0.1, 0.15) is 5.75 Å². The van der Waals surface area contributed by atoms with Gasteiger partial charge >= 0.3 is 10.2 Å². The monoisotopic (exact) mass is 533 g/mol. The van der Waals surface area contributed by atoms with Gasteiger partial charge in [-0.05, 0) is 56.1 Å². The molecule has 3 N–H and O–H groups in total. The summed E-state index contributed by atoms with van der Waals surface area (Å²) in [5, 5.41) is 8.29. The van der Waals surface area contributed by atoms with Crippen LogP contribution in [0.2, 0.25) is 0 Å². The predicted octanol–water partition coefficient (Wildman–Crippen LogP) is 4.17. The first kappa shape index (κ1) is 25.8. The molecule has 0 amide bonds. The zero-order chi connectivity index (χ0) is 26.7. The van der Waals surface area contributed by atoms with E-state index in [0.717, 1.165) is 46.7 Å². The molecule has 0 spiro atoms. The Hall–Kier alpha value is -3.80. The summed E-state index contributed by atoms with van der Waals surface area (Å²) in [6.45, 7) is 3.85. The van der Waals surface area contributed by atoms with Crippen molar-refractivity contribution in [3.8, 4) is 22.9 Å². The molecule has 0 aliphatic carbocycles. The number of rotatable bonds is 8. The van der Waals surface area contributed by atoms with E-state index in [1.807, 2.05) is 43.3 Å². The lowest BCUT2D eigenvalue weighted by Gasteiger charge is -2.23. The summed E-state index contributed by atoms with van der Waals surface area (Å²) < 4.78 is 35.2. The number of fused-ring (bicyclic) bond motifs is 1. The predicted molar refractivity (Wildman–Crippen MR) is 150 cm³/mol. The van der Waals surface area contributed by atoms with E-state index < -0.39 is 10.2 Å². The molecule has 1 fully saturated rings. The first-order chi connectivity index (χ1) is 18.3. The zero-order valence-electron chi connectivity index (χ0n) is 21.6. The smallest absolute Gasteiger partial charge is 0.301 e. The molecule has 0 radical (unpaired) electrons. The van der Waals surface area contributed by atoms with Crippen molar-refractivity contribution in [3.05, 3.63) is 66.5 Å². The van der Waals surface area contributed by atoms with E-state index in [0.29, 0.717) is 34.3 Å². The topological polar surface area (TPSA) is 121 Å². The third kappa shape index (κ3) is 5.54. The van der Waals surface area contributed by atoms with E-state index in [1.165, 1.54) is 14.1 Å². The van der Waals surface area contributed by atoms with Crippen molar-refractivity contribution in [2.45, 2.75) is 25.8 Å². The molecule has 1 atom stereocenters. The summed E-state index contributed by atoms with van der Waals surface area (Å²) in [7, 11) is -0.714. The Morgan fingerprint density at radius 2 is 1.89 bits per heavy atom. The number of benzene rings is 2. The fraction of sp³-hybridized carbons (Fsp3) is 0.296. The maximum Gasteiger partial charge on any atom is 0.301 e. The molecular formula is C27H31N7O3S. The van der Waals surface area contributed by atoms with Crippen molar-refractivity contribution in [2.75, 3.05) is 37.2 Å². The van der Waals surface area contributed by atoms with Gasteiger partial charge in [-0.15, -0.1) is 0 Å². The van der Waals surface area contributed by atoms with Gasteiger partial charge in [0.05, 0.1) is 16.9 Å². The normalized spacial score (nSPS) is 15.9. The van der Waals surface area contributed by atoms with Crippen molar-refractivity contribution in [1.29, 1.82) is 0 Å². The van der Waals surface area contributed by atoms with Gasteiger partial charge < -0.3 is 15.4 Å². The SMILES string of the molecule is Cc1ccc2c(NS(=O)(=O)N(C)C)cccc2c1Oc1ncccc1-c1ccnc(N[C@H]2CCCNC2)n1. The number of nitrogens with one attached hydrogen (secondary N) is 3. The molecule has 3 heterocycles. The molecule has 2 aromatic carbocycles. The van der Waals surface area contributed by atoms with Gasteiger partial charge in [0.2, 0.25) is 11.8 Å². The van der Waals surface area contributed by atoms with Crippen LogP contribution in [0.4, 0.5) is 11.6 Å². The Bertz CT molecular complexity index is 1550. The highest BCUT2D eigenvalue weighted by Crippen LogP contribution is 2.38. The van der Waals surface area contributed by atoms with E-state index in [2.05, 4.69) is 25.3 Å². The van der Waals surface area contributed by atoms with Crippen LogP contribution in [-0.4, -0.2) is 60.9 Å². The number of aryl methyl sites for hydroxylation is 1. The lowest BCUT2D eigenvalue weighted by Crippen LogP contribution is -2.38. The molecule has 38 heavy (non-hydrogen) atoms. The molecule has 5 rings (SSSR count). The number of hydrogen-bond donors (Lipinski definition) is 3. The average Bonchev–Trinajstić information content (AvgIpc) is 2.91. The fourth-order valence-corrected chi connectivity index (χ4v) is 5.03. The number of ether oxygens (including phenoxy) is 1. The van der Waals surface area contributed by atoms with E-state index in [1.54, 1.807) is 24.5 Å². The number of piperidine rings is 1.